The van der Waals surface area contributed by atoms with Gasteiger partial charge in [0.1, 0.15) is 0 Å². The Bertz CT molecular complexity index is 716. The lowest BCUT2D eigenvalue weighted by Crippen LogP contribution is -2.46. The summed E-state index contributed by atoms with van der Waals surface area (Å²) in [5, 5.41) is 12.8. The summed E-state index contributed by atoms with van der Waals surface area (Å²) < 4.78 is 23.6. The molecule has 1 amide bonds. The van der Waals surface area contributed by atoms with Gasteiger partial charge >= 0.3 is 0 Å². The highest BCUT2D eigenvalue weighted by atomic mass is 32.2. The van der Waals surface area contributed by atoms with Crippen LogP contribution >= 0.6 is 0 Å². The highest BCUT2D eigenvalue weighted by Gasteiger charge is 2.31. The quantitative estimate of drug-likeness (QED) is 0.642. The predicted octanol–water partition coefficient (Wildman–Crippen LogP) is 0.578. The van der Waals surface area contributed by atoms with Crippen molar-refractivity contribution in [2.24, 2.45) is 0 Å². The number of carbonyl (C=O) groups is 1. The number of rotatable bonds is 3. The Balaban J connectivity index is 2.42. The minimum absolute atomic E-state index is 0.00165. The second-order valence-corrected chi connectivity index (χ2v) is 7.70. The molecule has 1 aliphatic heterocycles. The number of carbonyl (C=O) groups excluding carboxylic acids is 1. The van der Waals surface area contributed by atoms with Crippen LogP contribution in [0.4, 0.5) is 11.4 Å². The van der Waals surface area contributed by atoms with Crippen molar-refractivity contribution in [1.82, 2.24) is 5.32 Å². The van der Waals surface area contributed by atoms with Gasteiger partial charge in [-0.1, -0.05) is 0 Å². The zero-order chi connectivity index (χ0) is 16.5. The molecule has 0 aliphatic carbocycles. The first-order valence-electron chi connectivity index (χ1n) is 6.73. The summed E-state index contributed by atoms with van der Waals surface area (Å²) in [4.78, 5) is 24.1. The second kappa shape index (κ2) is 5.91. The van der Waals surface area contributed by atoms with Gasteiger partial charge in [0.15, 0.2) is 9.84 Å². The van der Waals surface area contributed by atoms with E-state index in [9.17, 15) is 23.3 Å². The number of non-ortho nitro benzene ring substituents is 1. The summed E-state index contributed by atoms with van der Waals surface area (Å²) in [7, 11) is -1.67. The molecule has 1 aromatic rings. The fourth-order valence-corrected chi connectivity index (χ4v) is 3.69. The van der Waals surface area contributed by atoms with Crippen molar-refractivity contribution in [3.63, 3.8) is 0 Å². The SMILES string of the molecule is CNC(=O)c1cc([N+](=O)[O-])ccc1N1CCS(=O)(=O)C(C)C1. The fourth-order valence-electron chi connectivity index (χ4n) is 2.40. The number of nitrogens with one attached hydrogen (secondary N) is 1. The van der Waals surface area contributed by atoms with E-state index in [1.54, 1.807) is 11.8 Å². The van der Waals surface area contributed by atoms with Gasteiger partial charge in [0, 0.05) is 32.3 Å². The maximum atomic E-state index is 12.0. The van der Waals surface area contributed by atoms with Gasteiger partial charge in [-0.25, -0.2) is 8.42 Å². The van der Waals surface area contributed by atoms with Gasteiger partial charge < -0.3 is 10.2 Å². The molecule has 8 nitrogen and oxygen atoms in total. The lowest BCUT2D eigenvalue weighted by Gasteiger charge is -2.33. The van der Waals surface area contributed by atoms with Gasteiger partial charge in [0.25, 0.3) is 11.6 Å². The van der Waals surface area contributed by atoms with Crippen LogP contribution < -0.4 is 10.2 Å². The Morgan fingerprint density at radius 2 is 2.14 bits per heavy atom. The van der Waals surface area contributed by atoms with Gasteiger partial charge in [-0.05, 0) is 13.0 Å². The van der Waals surface area contributed by atoms with Gasteiger partial charge in [-0.15, -0.1) is 0 Å². The standard InChI is InChI=1S/C13H17N3O5S/c1-9-8-15(5-6-22(9,20)21)12-4-3-10(16(18)19)7-11(12)13(17)14-2/h3-4,7,9H,5-6,8H2,1-2H3,(H,14,17). The molecule has 1 fully saturated rings. The number of anilines is 1. The highest BCUT2D eigenvalue weighted by Crippen LogP contribution is 2.28. The summed E-state index contributed by atoms with van der Waals surface area (Å²) in [6.45, 7) is 2.13. The Morgan fingerprint density at radius 3 is 2.68 bits per heavy atom. The first-order valence-corrected chi connectivity index (χ1v) is 8.45. The van der Waals surface area contributed by atoms with E-state index in [0.29, 0.717) is 5.69 Å². The van der Waals surface area contributed by atoms with Gasteiger partial charge in [0.05, 0.1) is 27.2 Å². The summed E-state index contributed by atoms with van der Waals surface area (Å²) in [5.41, 5.74) is 0.495. The van der Waals surface area contributed by atoms with Crippen molar-refractivity contribution in [2.75, 3.05) is 30.8 Å². The molecule has 2 rings (SSSR count). The number of hydrogen-bond acceptors (Lipinski definition) is 6. The van der Waals surface area contributed by atoms with E-state index in [4.69, 9.17) is 0 Å². The van der Waals surface area contributed by atoms with Gasteiger partial charge in [-0.2, -0.15) is 0 Å². The average molecular weight is 327 g/mol. The van der Waals surface area contributed by atoms with E-state index in [1.807, 2.05) is 0 Å². The van der Waals surface area contributed by atoms with Crippen LogP contribution in [0.15, 0.2) is 18.2 Å². The summed E-state index contributed by atoms with van der Waals surface area (Å²) in [6, 6.07) is 4.02. The van der Waals surface area contributed by atoms with Crippen LogP contribution in [0.1, 0.15) is 17.3 Å². The van der Waals surface area contributed by atoms with Crippen LogP contribution in [0.2, 0.25) is 0 Å². The highest BCUT2D eigenvalue weighted by molar-refractivity contribution is 7.92. The summed E-state index contributed by atoms with van der Waals surface area (Å²) >= 11 is 0. The van der Waals surface area contributed by atoms with Crippen LogP contribution in [-0.4, -0.2) is 50.4 Å². The molecule has 0 radical (unpaired) electrons. The molecule has 1 saturated heterocycles. The molecule has 9 heteroatoms. The van der Waals surface area contributed by atoms with Crippen molar-refractivity contribution in [3.05, 3.63) is 33.9 Å². The number of sulfone groups is 1. The molecule has 22 heavy (non-hydrogen) atoms. The van der Waals surface area contributed by atoms with E-state index in [2.05, 4.69) is 5.32 Å². The summed E-state index contributed by atoms with van der Waals surface area (Å²) in [5.74, 6) is -0.446. The zero-order valence-electron chi connectivity index (χ0n) is 12.3. The van der Waals surface area contributed by atoms with Crippen LogP contribution in [-0.2, 0) is 9.84 Å². The molecule has 1 unspecified atom stereocenters. The van der Waals surface area contributed by atoms with E-state index in [-0.39, 0.29) is 30.1 Å². The first-order chi connectivity index (χ1) is 10.3. The van der Waals surface area contributed by atoms with Crippen LogP contribution in [0.5, 0.6) is 0 Å². The lowest BCUT2D eigenvalue weighted by molar-refractivity contribution is -0.384. The molecule has 1 aromatic carbocycles. The third-order valence-electron chi connectivity index (χ3n) is 3.74. The number of nitrogens with zero attached hydrogens (tertiary/aromatic N) is 2. The van der Waals surface area contributed by atoms with Crippen molar-refractivity contribution < 1.29 is 18.1 Å². The van der Waals surface area contributed by atoms with Crippen LogP contribution in [0.25, 0.3) is 0 Å². The van der Waals surface area contributed by atoms with Crippen molar-refractivity contribution in [2.45, 2.75) is 12.2 Å². The summed E-state index contributed by atoms with van der Waals surface area (Å²) in [6.07, 6.45) is 0. The minimum Gasteiger partial charge on any atom is -0.369 e. The van der Waals surface area contributed by atoms with E-state index < -0.39 is 25.9 Å². The molecular formula is C13H17N3O5S. The monoisotopic (exact) mass is 327 g/mol. The number of nitro benzene ring substituents is 1. The molecule has 0 saturated carbocycles. The molecule has 0 bridgehead atoms. The molecule has 0 aromatic heterocycles. The topological polar surface area (TPSA) is 110 Å². The number of amides is 1. The van der Waals surface area contributed by atoms with E-state index in [0.717, 1.165) is 0 Å². The molecule has 0 spiro atoms. The normalized spacial score (nSPS) is 20.5. The van der Waals surface area contributed by atoms with Crippen LogP contribution in [0, 0.1) is 10.1 Å². The third kappa shape index (κ3) is 3.03. The average Bonchev–Trinajstić information content (AvgIpc) is 2.48. The molecule has 1 N–H and O–H groups in total. The van der Waals surface area contributed by atoms with Crippen LogP contribution in [0.3, 0.4) is 0 Å². The lowest BCUT2D eigenvalue weighted by atomic mass is 10.1. The largest absolute Gasteiger partial charge is 0.369 e. The minimum atomic E-state index is -3.11. The Hall–Kier alpha value is -2.16. The third-order valence-corrected chi connectivity index (χ3v) is 5.87. The first kappa shape index (κ1) is 16.2. The molecule has 120 valence electrons. The molecule has 1 atom stereocenters. The molecule has 1 aliphatic rings. The predicted molar refractivity (Wildman–Crippen MR) is 81.9 cm³/mol. The van der Waals surface area contributed by atoms with E-state index in [1.165, 1.54) is 25.2 Å². The van der Waals surface area contributed by atoms with Gasteiger partial charge in [0.2, 0.25) is 0 Å². The van der Waals surface area contributed by atoms with Crippen molar-refractivity contribution in [1.29, 1.82) is 0 Å². The zero-order valence-corrected chi connectivity index (χ0v) is 13.1. The number of benzene rings is 1. The second-order valence-electron chi connectivity index (χ2n) is 5.16. The Kier molecular flexibility index (Phi) is 4.36. The Morgan fingerprint density at radius 1 is 1.45 bits per heavy atom. The van der Waals surface area contributed by atoms with Gasteiger partial charge in [-0.3, -0.25) is 14.9 Å². The van der Waals surface area contributed by atoms with Crippen molar-refractivity contribution in [3.8, 4) is 0 Å². The van der Waals surface area contributed by atoms with Crippen molar-refractivity contribution >= 4 is 27.1 Å². The molecule has 1 heterocycles. The number of nitro groups is 1. The molecular weight excluding hydrogens is 310 g/mol. The number of hydrogen-bond donors (Lipinski definition) is 1. The maximum Gasteiger partial charge on any atom is 0.270 e. The smallest absolute Gasteiger partial charge is 0.270 e. The van der Waals surface area contributed by atoms with E-state index >= 15 is 0 Å². The fraction of sp³-hybridized carbons (Fsp3) is 0.462. The Labute approximate surface area is 128 Å². The maximum absolute atomic E-state index is 12.0.